The van der Waals surface area contributed by atoms with Crippen molar-refractivity contribution >= 4 is 11.5 Å². The molecule has 1 heterocycles. The van der Waals surface area contributed by atoms with Gasteiger partial charge in [-0.3, -0.25) is 0 Å². The van der Waals surface area contributed by atoms with Crippen LogP contribution in [-0.4, -0.2) is 39.5 Å². The molecule has 2 aromatic rings. The van der Waals surface area contributed by atoms with E-state index in [0.717, 1.165) is 29.8 Å². The average molecular weight is 350 g/mol. The van der Waals surface area contributed by atoms with Crippen LogP contribution >= 0.6 is 11.5 Å². The van der Waals surface area contributed by atoms with E-state index < -0.39 is 6.10 Å². The molecule has 0 spiro atoms. The topological polar surface area (TPSA) is 67.3 Å². The number of benzene rings is 1. The van der Waals surface area contributed by atoms with Gasteiger partial charge in [0.25, 0.3) is 0 Å². The SMILES string of the molecule is CCCc1snnc1-c1ccc(OCC(O)CNC(C)(C)C)cc1. The van der Waals surface area contributed by atoms with E-state index in [1.165, 1.54) is 16.4 Å². The Hall–Kier alpha value is -1.50. The van der Waals surface area contributed by atoms with E-state index in [0.29, 0.717) is 6.54 Å². The van der Waals surface area contributed by atoms with Gasteiger partial charge in [-0.2, -0.15) is 0 Å². The smallest absolute Gasteiger partial charge is 0.119 e. The van der Waals surface area contributed by atoms with Crippen molar-refractivity contribution < 1.29 is 9.84 Å². The first-order valence-corrected chi connectivity index (χ1v) is 9.14. The van der Waals surface area contributed by atoms with Crippen LogP contribution in [-0.2, 0) is 6.42 Å². The van der Waals surface area contributed by atoms with Crippen molar-refractivity contribution in [1.82, 2.24) is 14.9 Å². The summed E-state index contributed by atoms with van der Waals surface area (Å²) in [7, 11) is 0. The van der Waals surface area contributed by atoms with Gasteiger partial charge in [-0.25, -0.2) is 0 Å². The van der Waals surface area contributed by atoms with E-state index in [2.05, 4.69) is 42.6 Å². The highest BCUT2D eigenvalue weighted by atomic mass is 32.1. The van der Waals surface area contributed by atoms with Crippen LogP contribution < -0.4 is 10.1 Å². The normalized spacial score (nSPS) is 13.0. The molecule has 24 heavy (non-hydrogen) atoms. The Bertz CT molecular complexity index is 620. The largest absolute Gasteiger partial charge is 0.491 e. The maximum atomic E-state index is 9.97. The molecule has 0 aliphatic rings. The summed E-state index contributed by atoms with van der Waals surface area (Å²) >= 11 is 1.46. The first-order valence-electron chi connectivity index (χ1n) is 8.36. The highest BCUT2D eigenvalue weighted by Crippen LogP contribution is 2.26. The second kappa shape index (κ2) is 8.55. The summed E-state index contributed by atoms with van der Waals surface area (Å²) in [5, 5.41) is 17.5. The van der Waals surface area contributed by atoms with Crippen LogP contribution in [0.25, 0.3) is 11.3 Å². The molecule has 0 bridgehead atoms. The number of hydrogen-bond acceptors (Lipinski definition) is 6. The van der Waals surface area contributed by atoms with Gasteiger partial charge in [0.2, 0.25) is 0 Å². The van der Waals surface area contributed by atoms with Crippen molar-refractivity contribution in [3.63, 3.8) is 0 Å². The number of aryl methyl sites for hydroxylation is 1. The number of nitrogens with one attached hydrogen (secondary N) is 1. The van der Waals surface area contributed by atoms with E-state index in [1.807, 2.05) is 24.3 Å². The van der Waals surface area contributed by atoms with Crippen molar-refractivity contribution in [1.29, 1.82) is 0 Å². The summed E-state index contributed by atoms with van der Waals surface area (Å²) in [5.41, 5.74) is 2.00. The molecule has 1 unspecified atom stereocenters. The lowest BCUT2D eigenvalue weighted by atomic mass is 10.1. The predicted octanol–water partition coefficient (Wildman–Crippen LogP) is 3.29. The molecular weight excluding hydrogens is 322 g/mol. The molecule has 0 saturated carbocycles. The molecule has 132 valence electrons. The molecule has 0 fully saturated rings. The molecule has 0 amide bonds. The minimum absolute atomic E-state index is 0.0135. The standard InChI is InChI=1S/C18H27N3O2S/c1-5-6-16-17(20-21-24-16)13-7-9-15(10-8-13)23-12-14(22)11-19-18(2,3)4/h7-10,14,19,22H,5-6,11-12H2,1-4H3. The van der Waals surface area contributed by atoms with Crippen LogP contribution in [0.4, 0.5) is 0 Å². The number of β-amino-alcohol motifs (C(OH)–C–C–N with tert-alkyl or cyclic N) is 1. The Morgan fingerprint density at radius 1 is 1.25 bits per heavy atom. The molecule has 0 radical (unpaired) electrons. The number of aliphatic hydroxyl groups is 1. The number of nitrogens with zero attached hydrogens (tertiary/aromatic N) is 2. The Kier molecular flexibility index (Phi) is 6.71. The van der Waals surface area contributed by atoms with Crippen molar-refractivity contribution in [2.75, 3.05) is 13.2 Å². The monoisotopic (exact) mass is 349 g/mol. The number of rotatable bonds is 8. The Labute approximate surface area is 148 Å². The number of hydrogen-bond donors (Lipinski definition) is 2. The summed E-state index contributed by atoms with van der Waals surface area (Å²) < 4.78 is 9.72. The highest BCUT2D eigenvalue weighted by Gasteiger charge is 2.13. The molecular formula is C18H27N3O2S. The van der Waals surface area contributed by atoms with Gasteiger partial charge in [0.1, 0.15) is 24.2 Å². The summed E-state index contributed by atoms with van der Waals surface area (Å²) in [6.45, 7) is 9.13. The first-order chi connectivity index (χ1) is 11.4. The Morgan fingerprint density at radius 3 is 2.58 bits per heavy atom. The third-order valence-corrected chi connectivity index (χ3v) is 4.25. The fourth-order valence-electron chi connectivity index (χ4n) is 2.20. The van der Waals surface area contributed by atoms with Crippen LogP contribution in [0, 0.1) is 0 Å². The van der Waals surface area contributed by atoms with Gasteiger partial charge in [0.15, 0.2) is 0 Å². The van der Waals surface area contributed by atoms with Gasteiger partial charge in [0, 0.05) is 17.6 Å². The van der Waals surface area contributed by atoms with Crippen molar-refractivity contribution in [2.45, 2.75) is 52.2 Å². The summed E-state index contributed by atoms with van der Waals surface area (Å²) in [6.07, 6.45) is 1.54. The number of ether oxygens (including phenoxy) is 1. The lowest BCUT2D eigenvalue weighted by Gasteiger charge is -2.22. The predicted molar refractivity (Wildman–Crippen MR) is 98.6 cm³/mol. The second-order valence-corrected chi connectivity index (χ2v) is 7.75. The fraction of sp³-hybridized carbons (Fsp3) is 0.556. The third kappa shape index (κ3) is 5.85. The highest BCUT2D eigenvalue weighted by molar-refractivity contribution is 7.05. The van der Waals surface area contributed by atoms with Crippen molar-refractivity contribution in [2.24, 2.45) is 0 Å². The summed E-state index contributed by atoms with van der Waals surface area (Å²) in [4.78, 5) is 1.22. The van der Waals surface area contributed by atoms with Gasteiger partial charge in [-0.15, -0.1) is 5.10 Å². The summed E-state index contributed by atoms with van der Waals surface area (Å²) in [5.74, 6) is 0.744. The van der Waals surface area contributed by atoms with E-state index >= 15 is 0 Å². The summed E-state index contributed by atoms with van der Waals surface area (Å²) in [6, 6.07) is 7.80. The quantitative estimate of drug-likeness (QED) is 0.765. The van der Waals surface area contributed by atoms with E-state index in [1.54, 1.807) is 0 Å². The third-order valence-electron chi connectivity index (χ3n) is 3.47. The zero-order chi connectivity index (χ0) is 17.6. The van der Waals surface area contributed by atoms with E-state index in [4.69, 9.17) is 4.74 Å². The Morgan fingerprint density at radius 2 is 1.96 bits per heavy atom. The van der Waals surface area contributed by atoms with Gasteiger partial charge in [-0.1, -0.05) is 17.8 Å². The second-order valence-electron chi connectivity index (χ2n) is 6.91. The van der Waals surface area contributed by atoms with Crippen molar-refractivity contribution in [3.05, 3.63) is 29.1 Å². The molecule has 5 nitrogen and oxygen atoms in total. The molecule has 0 aliphatic carbocycles. The number of aliphatic hydroxyl groups excluding tert-OH is 1. The molecule has 1 aromatic carbocycles. The van der Waals surface area contributed by atoms with E-state index in [-0.39, 0.29) is 12.1 Å². The first kappa shape index (κ1) is 18.8. The zero-order valence-electron chi connectivity index (χ0n) is 14.9. The van der Waals surface area contributed by atoms with Crippen LogP contribution in [0.3, 0.4) is 0 Å². The van der Waals surface area contributed by atoms with Crippen molar-refractivity contribution in [3.8, 4) is 17.0 Å². The van der Waals surface area contributed by atoms with E-state index in [9.17, 15) is 5.11 Å². The van der Waals surface area contributed by atoms with Gasteiger partial charge >= 0.3 is 0 Å². The molecule has 2 rings (SSSR count). The minimum Gasteiger partial charge on any atom is -0.491 e. The molecule has 1 aromatic heterocycles. The fourth-order valence-corrected chi connectivity index (χ4v) is 2.97. The average Bonchev–Trinajstić information content (AvgIpc) is 2.99. The lowest BCUT2D eigenvalue weighted by molar-refractivity contribution is 0.100. The van der Waals surface area contributed by atoms with Crippen LogP contribution in [0.2, 0.25) is 0 Å². The maximum Gasteiger partial charge on any atom is 0.119 e. The maximum absolute atomic E-state index is 9.97. The van der Waals surface area contributed by atoms with Gasteiger partial charge in [0.05, 0.1) is 4.88 Å². The number of aromatic nitrogens is 2. The van der Waals surface area contributed by atoms with Gasteiger partial charge < -0.3 is 15.2 Å². The minimum atomic E-state index is -0.539. The molecule has 0 aliphatic heterocycles. The Balaban J connectivity index is 1.89. The van der Waals surface area contributed by atoms with Crippen LogP contribution in [0.1, 0.15) is 39.0 Å². The molecule has 2 N–H and O–H groups in total. The lowest BCUT2D eigenvalue weighted by Crippen LogP contribution is -2.42. The van der Waals surface area contributed by atoms with Crippen LogP contribution in [0.15, 0.2) is 24.3 Å². The van der Waals surface area contributed by atoms with Gasteiger partial charge in [-0.05, 0) is 63.0 Å². The zero-order valence-corrected chi connectivity index (χ0v) is 15.7. The molecule has 1 atom stereocenters. The molecule has 6 heteroatoms. The molecule has 0 saturated heterocycles. The van der Waals surface area contributed by atoms with Crippen LogP contribution in [0.5, 0.6) is 5.75 Å².